The highest BCUT2D eigenvalue weighted by Crippen LogP contribution is 2.26. The van der Waals surface area contributed by atoms with Gasteiger partial charge in [0, 0.05) is 17.2 Å². The lowest BCUT2D eigenvalue weighted by atomic mass is 10.1. The number of methoxy groups -OCH3 is 1. The van der Waals surface area contributed by atoms with Crippen LogP contribution in [0.4, 0.5) is 0 Å². The molecule has 132 valence electrons. The van der Waals surface area contributed by atoms with Crippen molar-refractivity contribution in [2.24, 2.45) is 0 Å². The number of fused-ring (bicyclic) bond motifs is 2. The van der Waals surface area contributed by atoms with Crippen molar-refractivity contribution in [1.29, 1.82) is 0 Å². The van der Waals surface area contributed by atoms with Crippen LogP contribution in [0.25, 0.3) is 44.8 Å². The van der Waals surface area contributed by atoms with Gasteiger partial charge in [-0.1, -0.05) is 30.3 Å². The number of nitrogens with one attached hydrogen (secondary N) is 2. The van der Waals surface area contributed by atoms with Crippen LogP contribution in [0.2, 0.25) is 0 Å². The van der Waals surface area contributed by atoms with Gasteiger partial charge in [-0.05, 0) is 36.8 Å². The Morgan fingerprint density at radius 3 is 1.85 bits per heavy atom. The molecular formula is C22H18N4O. The number of imidazole rings is 2. The first-order valence-corrected chi connectivity index (χ1v) is 8.80. The Balaban J connectivity index is 1.50. The molecule has 2 N–H and O–H groups in total. The first-order chi connectivity index (χ1) is 13.2. The highest BCUT2D eigenvalue weighted by molar-refractivity contribution is 5.82. The fourth-order valence-electron chi connectivity index (χ4n) is 3.30. The number of rotatable bonds is 3. The quantitative estimate of drug-likeness (QED) is 0.474. The van der Waals surface area contributed by atoms with Crippen molar-refractivity contribution in [1.82, 2.24) is 19.9 Å². The third kappa shape index (κ3) is 2.73. The van der Waals surface area contributed by atoms with Gasteiger partial charge in [0.25, 0.3) is 0 Å². The summed E-state index contributed by atoms with van der Waals surface area (Å²) in [7, 11) is 1.66. The monoisotopic (exact) mass is 354 g/mol. The molecular weight excluding hydrogens is 336 g/mol. The van der Waals surface area contributed by atoms with E-state index in [0.29, 0.717) is 0 Å². The van der Waals surface area contributed by atoms with Gasteiger partial charge in [-0.25, -0.2) is 9.97 Å². The summed E-state index contributed by atoms with van der Waals surface area (Å²) >= 11 is 0. The van der Waals surface area contributed by atoms with Crippen LogP contribution in [0.1, 0.15) is 5.56 Å². The maximum absolute atomic E-state index is 5.28. The summed E-state index contributed by atoms with van der Waals surface area (Å²) in [4.78, 5) is 16.1. The molecule has 0 unspecified atom stereocenters. The average Bonchev–Trinajstić information content (AvgIpc) is 3.31. The molecule has 2 aromatic heterocycles. The number of hydrogen-bond donors (Lipinski definition) is 2. The molecule has 0 spiro atoms. The maximum atomic E-state index is 5.28. The Hall–Kier alpha value is -3.60. The van der Waals surface area contributed by atoms with E-state index in [1.54, 1.807) is 7.11 Å². The predicted octanol–water partition coefficient (Wildman–Crippen LogP) is 5.09. The van der Waals surface area contributed by atoms with Gasteiger partial charge in [0.2, 0.25) is 0 Å². The van der Waals surface area contributed by atoms with Crippen LogP contribution < -0.4 is 4.74 Å². The average molecular weight is 354 g/mol. The zero-order chi connectivity index (χ0) is 18.4. The fraction of sp³-hybridized carbons (Fsp3) is 0.0909. The first-order valence-electron chi connectivity index (χ1n) is 8.80. The van der Waals surface area contributed by atoms with E-state index in [9.17, 15) is 0 Å². The SMILES string of the molecule is COc1ccc2nc(-c3ccc(-c4nc5ccc(C)cc5[nH]4)cc3)[nH]c2c1. The van der Waals surface area contributed by atoms with Crippen molar-refractivity contribution >= 4 is 22.1 Å². The highest BCUT2D eigenvalue weighted by Gasteiger charge is 2.09. The number of aromatic amines is 2. The molecule has 0 fully saturated rings. The lowest BCUT2D eigenvalue weighted by Gasteiger charge is -1.99. The van der Waals surface area contributed by atoms with E-state index in [0.717, 1.165) is 50.6 Å². The lowest BCUT2D eigenvalue weighted by Crippen LogP contribution is -1.83. The van der Waals surface area contributed by atoms with Crippen molar-refractivity contribution in [2.75, 3.05) is 7.11 Å². The zero-order valence-corrected chi connectivity index (χ0v) is 15.1. The van der Waals surface area contributed by atoms with E-state index in [1.807, 2.05) is 24.3 Å². The highest BCUT2D eigenvalue weighted by atomic mass is 16.5. The largest absolute Gasteiger partial charge is 0.497 e. The van der Waals surface area contributed by atoms with Crippen molar-refractivity contribution in [3.63, 3.8) is 0 Å². The molecule has 5 nitrogen and oxygen atoms in total. The van der Waals surface area contributed by atoms with E-state index in [1.165, 1.54) is 5.56 Å². The van der Waals surface area contributed by atoms with Gasteiger partial charge in [0.1, 0.15) is 17.4 Å². The number of H-pyrrole nitrogens is 2. The molecule has 0 atom stereocenters. The number of ether oxygens (including phenoxy) is 1. The minimum atomic E-state index is 0.813. The minimum Gasteiger partial charge on any atom is -0.497 e. The second-order valence-electron chi connectivity index (χ2n) is 6.65. The number of benzene rings is 3. The summed E-state index contributed by atoms with van der Waals surface area (Å²) in [5.74, 6) is 2.52. The van der Waals surface area contributed by atoms with Crippen molar-refractivity contribution in [3.05, 3.63) is 66.2 Å². The molecule has 5 aromatic rings. The van der Waals surface area contributed by atoms with E-state index in [2.05, 4.69) is 63.3 Å². The number of aromatic nitrogens is 4. The molecule has 2 heterocycles. The molecule has 3 aromatic carbocycles. The van der Waals surface area contributed by atoms with Gasteiger partial charge in [0.15, 0.2) is 0 Å². The second kappa shape index (κ2) is 5.99. The van der Waals surface area contributed by atoms with Crippen LogP contribution >= 0.6 is 0 Å². The Kier molecular flexibility index (Phi) is 3.47. The summed E-state index contributed by atoms with van der Waals surface area (Å²) in [5, 5.41) is 0. The van der Waals surface area contributed by atoms with Crippen LogP contribution in [-0.4, -0.2) is 27.0 Å². The van der Waals surface area contributed by atoms with Gasteiger partial charge in [-0.3, -0.25) is 0 Å². The molecule has 0 aliphatic carbocycles. The Labute approximate surface area is 156 Å². The van der Waals surface area contributed by atoms with E-state index in [-0.39, 0.29) is 0 Å². The van der Waals surface area contributed by atoms with Gasteiger partial charge >= 0.3 is 0 Å². The number of hydrogen-bond acceptors (Lipinski definition) is 3. The molecule has 5 heteroatoms. The molecule has 0 aliphatic rings. The van der Waals surface area contributed by atoms with Crippen LogP contribution in [-0.2, 0) is 0 Å². The number of aryl methyl sites for hydroxylation is 1. The van der Waals surface area contributed by atoms with Crippen LogP contribution in [0.15, 0.2) is 60.7 Å². The summed E-state index contributed by atoms with van der Waals surface area (Å²) in [6.07, 6.45) is 0. The predicted molar refractivity (Wildman–Crippen MR) is 108 cm³/mol. The standard InChI is InChI=1S/C22H18N4O/c1-13-3-9-17-19(11-13)25-21(23-17)14-4-6-15(7-5-14)22-24-18-10-8-16(27-2)12-20(18)26-22/h3-12H,1-2H3,(H,23,25)(H,24,26). The molecule has 0 aliphatic heterocycles. The van der Waals surface area contributed by atoms with Crippen molar-refractivity contribution < 1.29 is 4.74 Å². The van der Waals surface area contributed by atoms with Gasteiger partial charge in [-0.15, -0.1) is 0 Å². The molecule has 0 saturated heterocycles. The van der Waals surface area contributed by atoms with E-state index < -0.39 is 0 Å². The van der Waals surface area contributed by atoms with E-state index >= 15 is 0 Å². The normalized spacial score (nSPS) is 11.3. The van der Waals surface area contributed by atoms with Crippen molar-refractivity contribution in [3.8, 4) is 28.5 Å². The summed E-state index contributed by atoms with van der Waals surface area (Å²) < 4.78 is 5.28. The Morgan fingerprint density at radius 2 is 1.26 bits per heavy atom. The molecule has 0 radical (unpaired) electrons. The molecule has 0 saturated carbocycles. The van der Waals surface area contributed by atoms with Crippen molar-refractivity contribution in [2.45, 2.75) is 6.92 Å². The van der Waals surface area contributed by atoms with Gasteiger partial charge in [0.05, 0.1) is 29.2 Å². The van der Waals surface area contributed by atoms with Crippen LogP contribution in [0.5, 0.6) is 5.75 Å². The smallest absolute Gasteiger partial charge is 0.138 e. The minimum absolute atomic E-state index is 0.813. The zero-order valence-electron chi connectivity index (χ0n) is 15.1. The van der Waals surface area contributed by atoms with E-state index in [4.69, 9.17) is 4.74 Å². The van der Waals surface area contributed by atoms with Gasteiger partial charge in [-0.2, -0.15) is 0 Å². The molecule has 0 amide bonds. The van der Waals surface area contributed by atoms with Gasteiger partial charge < -0.3 is 14.7 Å². The first kappa shape index (κ1) is 15.6. The summed E-state index contributed by atoms with van der Waals surface area (Å²) in [6.45, 7) is 2.08. The molecule has 27 heavy (non-hydrogen) atoms. The second-order valence-corrected chi connectivity index (χ2v) is 6.65. The third-order valence-electron chi connectivity index (χ3n) is 4.76. The Morgan fingerprint density at radius 1 is 0.704 bits per heavy atom. The lowest BCUT2D eigenvalue weighted by molar-refractivity contribution is 0.415. The third-order valence-corrected chi connectivity index (χ3v) is 4.76. The van der Waals surface area contributed by atoms with Crippen LogP contribution in [0.3, 0.4) is 0 Å². The summed E-state index contributed by atoms with van der Waals surface area (Å²) in [6, 6.07) is 20.3. The topological polar surface area (TPSA) is 66.6 Å². The fourth-order valence-corrected chi connectivity index (χ4v) is 3.30. The molecule has 5 rings (SSSR count). The maximum Gasteiger partial charge on any atom is 0.138 e. The van der Waals surface area contributed by atoms with Crippen LogP contribution in [0, 0.1) is 6.92 Å². The Bertz CT molecular complexity index is 1260. The molecule has 0 bridgehead atoms. The summed E-state index contributed by atoms with van der Waals surface area (Å²) in [5.41, 5.74) is 7.20. The number of nitrogens with zero attached hydrogens (tertiary/aromatic N) is 2.